The van der Waals surface area contributed by atoms with Gasteiger partial charge in [0.05, 0.1) is 0 Å². The molecule has 0 spiro atoms. The predicted molar refractivity (Wildman–Crippen MR) is 71.2 cm³/mol. The minimum atomic E-state index is 0.336. The van der Waals surface area contributed by atoms with Gasteiger partial charge in [0.1, 0.15) is 0 Å². The third kappa shape index (κ3) is 2.38. The Hall–Kier alpha value is -1.42. The van der Waals surface area contributed by atoms with E-state index in [-0.39, 0.29) is 0 Å². The molecule has 1 atom stereocenters. The van der Waals surface area contributed by atoms with Crippen molar-refractivity contribution in [1.29, 1.82) is 0 Å². The zero-order chi connectivity index (χ0) is 12.4. The van der Waals surface area contributed by atoms with Crippen LogP contribution in [0.5, 0.6) is 11.5 Å². The van der Waals surface area contributed by atoms with Crippen LogP contribution >= 0.6 is 0 Å². The van der Waals surface area contributed by atoms with E-state index < -0.39 is 0 Å². The monoisotopic (exact) mass is 248 g/mol. The highest BCUT2D eigenvalue weighted by Gasteiger charge is 2.20. The molecule has 2 N–H and O–H groups in total. The molecule has 98 valence electrons. The molecule has 2 aliphatic rings. The Balaban J connectivity index is 1.64. The zero-order valence-electron chi connectivity index (χ0n) is 10.7. The summed E-state index contributed by atoms with van der Waals surface area (Å²) in [5, 5.41) is 6.98. The smallest absolute Gasteiger partial charge is 0.231 e. The van der Waals surface area contributed by atoms with Crippen molar-refractivity contribution >= 4 is 5.69 Å². The number of hydrogen-bond donors (Lipinski definition) is 2. The number of fused-ring (bicyclic) bond motifs is 1. The number of piperidine rings is 1. The fourth-order valence-corrected chi connectivity index (χ4v) is 2.71. The van der Waals surface area contributed by atoms with Gasteiger partial charge < -0.3 is 20.1 Å². The normalized spacial score (nSPS) is 20.7. The molecule has 0 aliphatic carbocycles. The molecule has 4 nitrogen and oxygen atoms in total. The average Bonchev–Trinajstić information content (AvgIpc) is 2.87. The number of anilines is 1. The maximum Gasteiger partial charge on any atom is 0.231 e. The summed E-state index contributed by atoms with van der Waals surface area (Å²) < 4.78 is 10.7. The lowest BCUT2D eigenvalue weighted by molar-refractivity contribution is 0.174. The van der Waals surface area contributed by atoms with Crippen LogP contribution in [0.4, 0.5) is 5.69 Å². The zero-order valence-corrected chi connectivity index (χ0v) is 10.7. The van der Waals surface area contributed by atoms with Crippen molar-refractivity contribution < 1.29 is 9.47 Å². The molecule has 1 aromatic carbocycles. The molecule has 1 unspecified atom stereocenters. The van der Waals surface area contributed by atoms with Crippen molar-refractivity contribution in [2.75, 3.05) is 25.2 Å². The van der Waals surface area contributed by atoms with Gasteiger partial charge in [0, 0.05) is 17.8 Å². The van der Waals surface area contributed by atoms with Gasteiger partial charge in [-0.25, -0.2) is 0 Å². The lowest BCUT2D eigenvalue weighted by Gasteiger charge is -2.29. The van der Waals surface area contributed by atoms with E-state index in [1.165, 1.54) is 12.8 Å². The maximum absolute atomic E-state index is 5.39. The molecule has 18 heavy (non-hydrogen) atoms. The highest BCUT2D eigenvalue weighted by atomic mass is 16.7. The molecule has 2 heterocycles. The maximum atomic E-state index is 5.39. The van der Waals surface area contributed by atoms with Crippen molar-refractivity contribution in [2.45, 2.75) is 25.8 Å². The summed E-state index contributed by atoms with van der Waals surface area (Å²) >= 11 is 0. The van der Waals surface area contributed by atoms with E-state index in [0.29, 0.717) is 12.8 Å². The van der Waals surface area contributed by atoms with E-state index in [1.807, 2.05) is 12.1 Å². The van der Waals surface area contributed by atoms with Gasteiger partial charge in [-0.2, -0.15) is 0 Å². The topological polar surface area (TPSA) is 42.5 Å². The van der Waals surface area contributed by atoms with Crippen molar-refractivity contribution in [1.82, 2.24) is 5.32 Å². The lowest BCUT2D eigenvalue weighted by Crippen LogP contribution is -2.36. The van der Waals surface area contributed by atoms with Gasteiger partial charge in [0.25, 0.3) is 0 Å². The fraction of sp³-hybridized carbons (Fsp3) is 0.571. The van der Waals surface area contributed by atoms with Crippen molar-refractivity contribution in [2.24, 2.45) is 5.92 Å². The minimum Gasteiger partial charge on any atom is -0.454 e. The Kier molecular flexibility index (Phi) is 3.28. The highest BCUT2D eigenvalue weighted by Crippen LogP contribution is 2.34. The second-order valence-corrected chi connectivity index (χ2v) is 5.09. The second kappa shape index (κ2) is 5.06. The van der Waals surface area contributed by atoms with Gasteiger partial charge in [-0.3, -0.25) is 0 Å². The molecule has 0 saturated carbocycles. The highest BCUT2D eigenvalue weighted by molar-refractivity contribution is 5.56. The molecule has 1 fully saturated rings. The van der Waals surface area contributed by atoms with Gasteiger partial charge in [-0.1, -0.05) is 0 Å². The number of ether oxygens (including phenoxy) is 2. The van der Waals surface area contributed by atoms with Crippen LogP contribution in [0.15, 0.2) is 18.2 Å². The van der Waals surface area contributed by atoms with Crippen LogP contribution in [-0.2, 0) is 0 Å². The van der Waals surface area contributed by atoms with Crippen LogP contribution in [-0.4, -0.2) is 25.9 Å². The molecule has 4 heteroatoms. The van der Waals surface area contributed by atoms with E-state index in [0.717, 1.165) is 36.2 Å². The standard InChI is InChI=1S/C14H20N2O2/c1-10(11-4-6-15-7-5-11)16-12-2-3-13-14(8-12)18-9-17-13/h2-3,8,10-11,15-16H,4-7,9H2,1H3. The second-order valence-electron chi connectivity index (χ2n) is 5.09. The van der Waals surface area contributed by atoms with Gasteiger partial charge in [0.2, 0.25) is 6.79 Å². The first-order valence-electron chi connectivity index (χ1n) is 6.70. The van der Waals surface area contributed by atoms with E-state index in [4.69, 9.17) is 9.47 Å². The van der Waals surface area contributed by atoms with Crippen molar-refractivity contribution in [3.63, 3.8) is 0 Å². The third-order valence-corrected chi connectivity index (χ3v) is 3.86. The average molecular weight is 248 g/mol. The molecule has 0 amide bonds. The fourth-order valence-electron chi connectivity index (χ4n) is 2.71. The summed E-state index contributed by atoms with van der Waals surface area (Å²) in [6.45, 7) is 4.87. The van der Waals surface area contributed by atoms with Gasteiger partial charge in [0.15, 0.2) is 11.5 Å². The Morgan fingerprint density at radius 3 is 2.83 bits per heavy atom. The number of benzene rings is 1. The molecule has 3 rings (SSSR count). The van der Waals surface area contributed by atoms with Gasteiger partial charge in [-0.15, -0.1) is 0 Å². The van der Waals surface area contributed by atoms with Crippen LogP contribution in [0, 0.1) is 5.92 Å². The summed E-state index contributed by atoms with van der Waals surface area (Å²) in [6, 6.07) is 6.55. The Morgan fingerprint density at radius 1 is 1.22 bits per heavy atom. The summed E-state index contributed by atoms with van der Waals surface area (Å²) in [4.78, 5) is 0. The minimum absolute atomic E-state index is 0.336. The first kappa shape index (κ1) is 11.7. The predicted octanol–water partition coefficient (Wildman–Crippen LogP) is 2.22. The van der Waals surface area contributed by atoms with Crippen LogP contribution in [0.25, 0.3) is 0 Å². The number of hydrogen-bond acceptors (Lipinski definition) is 4. The van der Waals surface area contributed by atoms with E-state index >= 15 is 0 Å². The first-order valence-corrected chi connectivity index (χ1v) is 6.70. The van der Waals surface area contributed by atoms with E-state index in [2.05, 4.69) is 23.6 Å². The van der Waals surface area contributed by atoms with Crippen molar-refractivity contribution in [3.05, 3.63) is 18.2 Å². The number of nitrogens with one attached hydrogen (secondary N) is 2. The van der Waals surface area contributed by atoms with Gasteiger partial charge in [-0.05, 0) is 50.9 Å². The van der Waals surface area contributed by atoms with Crippen LogP contribution in [0.2, 0.25) is 0 Å². The molecule has 0 bridgehead atoms. The summed E-state index contributed by atoms with van der Waals surface area (Å²) in [7, 11) is 0. The molecule has 0 aromatic heterocycles. The number of rotatable bonds is 3. The molecule has 1 saturated heterocycles. The van der Waals surface area contributed by atoms with Gasteiger partial charge >= 0.3 is 0 Å². The van der Waals surface area contributed by atoms with Crippen LogP contribution in [0.1, 0.15) is 19.8 Å². The molecule has 0 radical (unpaired) electrons. The quantitative estimate of drug-likeness (QED) is 0.860. The van der Waals surface area contributed by atoms with E-state index in [9.17, 15) is 0 Å². The molecule has 1 aromatic rings. The van der Waals surface area contributed by atoms with Crippen LogP contribution in [0.3, 0.4) is 0 Å². The molecule has 2 aliphatic heterocycles. The lowest BCUT2D eigenvalue weighted by atomic mass is 9.91. The Morgan fingerprint density at radius 2 is 2.00 bits per heavy atom. The Labute approximate surface area is 108 Å². The largest absolute Gasteiger partial charge is 0.454 e. The Bertz CT molecular complexity index is 416. The SMILES string of the molecule is CC(Nc1ccc2c(c1)OCO2)C1CCNCC1. The van der Waals surface area contributed by atoms with E-state index in [1.54, 1.807) is 0 Å². The summed E-state index contributed by atoms with van der Waals surface area (Å²) in [5.41, 5.74) is 1.12. The summed E-state index contributed by atoms with van der Waals surface area (Å²) in [6.07, 6.45) is 2.50. The van der Waals surface area contributed by atoms with Crippen molar-refractivity contribution in [3.8, 4) is 11.5 Å². The molecular formula is C14H20N2O2. The first-order chi connectivity index (χ1) is 8.83. The third-order valence-electron chi connectivity index (χ3n) is 3.86. The summed E-state index contributed by atoms with van der Waals surface area (Å²) in [5.74, 6) is 2.43. The molecular weight excluding hydrogens is 228 g/mol. The van der Waals surface area contributed by atoms with Crippen LogP contribution < -0.4 is 20.1 Å².